The van der Waals surface area contributed by atoms with E-state index in [1.165, 1.54) is 16.8 Å². The van der Waals surface area contributed by atoms with Crippen molar-refractivity contribution in [2.45, 2.75) is 37.2 Å². The average Bonchev–Trinajstić information content (AvgIpc) is 3.10. The van der Waals surface area contributed by atoms with E-state index in [-0.39, 0.29) is 0 Å². The normalized spacial score (nSPS) is 17.1. The second-order valence-electron chi connectivity index (χ2n) is 8.09. The number of benzene rings is 2. The number of rotatable bonds is 7. The van der Waals surface area contributed by atoms with Crippen molar-refractivity contribution < 1.29 is 26.1 Å². The number of thiocarbonyl (C=S) groups is 2. The fraction of sp³-hybridized carbons (Fsp3) is 0.417. The Hall–Kier alpha value is -1.24. The topological polar surface area (TPSA) is 21.8 Å². The van der Waals surface area contributed by atoms with E-state index in [1.54, 1.807) is 0 Å². The SMILES string of the molecule is CCN(C[CH]([Hg])C1CN(CC)C(=S)N1c1ccccc1C)C(=S)Nc1ccccc1C. The van der Waals surface area contributed by atoms with Crippen molar-refractivity contribution in [2.75, 3.05) is 36.4 Å². The van der Waals surface area contributed by atoms with Crippen LogP contribution < -0.4 is 10.2 Å². The number of para-hydroxylation sites is 2. The molecule has 2 unspecified atom stereocenters. The van der Waals surface area contributed by atoms with Crippen molar-refractivity contribution in [2.24, 2.45) is 0 Å². The van der Waals surface area contributed by atoms with Crippen molar-refractivity contribution in [3.05, 3.63) is 59.7 Å². The molecule has 0 aromatic heterocycles. The van der Waals surface area contributed by atoms with Crippen LogP contribution in [0.5, 0.6) is 0 Å². The van der Waals surface area contributed by atoms with Crippen LogP contribution in [0.15, 0.2) is 48.5 Å². The summed E-state index contributed by atoms with van der Waals surface area (Å²) in [5.41, 5.74) is 4.81. The van der Waals surface area contributed by atoms with Gasteiger partial charge in [0.05, 0.1) is 0 Å². The first-order chi connectivity index (χ1) is 14.9. The third-order valence-corrected chi connectivity index (χ3v) is 9.96. The Kier molecular flexibility index (Phi) is 8.70. The van der Waals surface area contributed by atoms with Crippen LogP contribution >= 0.6 is 24.4 Å². The first kappa shape index (κ1) is 24.4. The number of hydrogen-bond donors (Lipinski definition) is 1. The number of hydrogen-bond acceptors (Lipinski definition) is 2. The molecule has 31 heavy (non-hydrogen) atoms. The Labute approximate surface area is 213 Å². The van der Waals surface area contributed by atoms with Gasteiger partial charge in [0, 0.05) is 0 Å². The maximum absolute atomic E-state index is 5.92. The number of aryl methyl sites for hydroxylation is 2. The summed E-state index contributed by atoms with van der Waals surface area (Å²) in [5, 5.41) is 5.23. The van der Waals surface area contributed by atoms with Crippen molar-refractivity contribution in [1.29, 1.82) is 0 Å². The Bertz CT molecular complexity index is 935. The van der Waals surface area contributed by atoms with Crippen molar-refractivity contribution in [1.82, 2.24) is 9.80 Å². The second-order valence-corrected chi connectivity index (χ2v) is 12.9. The molecule has 2 aromatic rings. The summed E-state index contributed by atoms with van der Waals surface area (Å²) in [6.45, 7) is 12.5. The van der Waals surface area contributed by atoms with Crippen molar-refractivity contribution >= 4 is 46.0 Å². The molecule has 0 amide bonds. The van der Waals surface area contributed by atoms with Crippen molar-refractivity contribution in [3.63, 3.8) is 0 Å². The number of likely N-dealkylation sites (N-methyl/N-ethyl adjacent to an activating group) is 1. The molecule has 3 rings (SSSR count). The van der Waals surface area contributed by atoms with E-state index in [1.807, 2.05) is 6.07 Å². The molecule has 0 radical (unpaired) electrons. The van der Waals surface area contributed by atoms with Crippen LogP contribution in [0.25, 0.3) is 0 Å². The number of anilines is 2. The van der Waals surface area contributed by atoms with Gasteiger partial charge in [-0.2, -0.15) is 0 Å². The first-order valence-electron chi connectivity index (χ1n) is 11.0. The van der Waals surface area contributed by atoms with E-state index >= 15 is 0 Å². The van der Waals surface area contributed by atoms with Gasteiger partial charge in [0.1, 0.15) is 0 Å². The molecule has 1 saturated heterocycles. The van der Waals surface area contributed by atoms with Crippen LogP contribution in [0.2, 0.25) is 3.43 Å². The summed E-state index contributed by atoms with van der Waals surface area (Å²) in [4.78, 5) is 7.07. The summed E-state index contributed by atoms with van der Waals surface area (Å²) in [6, 6.07) is 17.3. The quantitative estimate of drug-likeness (QED) is 0.332. The Balaban J connectivity index is 1.78. The van der Waals surface area contributed by atoms with Gasteiger partial charge >= 0.3 is 215 Å². The van der Waals surface area contributed by atoms with Crippen LogP contribution in [0.3, 0.4) is 0 Å². The minimum absolute atomic E-state index is 0.396. The van der Waals surface area contributed by atoms with E-state index < -0.39 is 0 Å². The average molecular weight is 640 g/mol. The fourth-order valence-electron chi connectivity index (χ4n) is 4.09. The molecule has 1 aliphatic heterocycles. The molecule has 4 nitrogen and oxygen atoms in total. The molecular formula is C24H31HgN4S2. The summed E-state index contributed by atoms with van der Waals surface area (Å²) in [6.07, 6.45) is 0. The van der Waals surface area contributed by atoms with Gasteiger partial charge in [-0.05, 0) is 0 Å². The minimum atomic E-state index is 0.396. The standard InChI is InChI=1S/C24H31N4S2.Hg/c1-5-26(23(29)25-21-13-9-7-11-18(21)3)16-15-20-17-27(6-2)24(30)28(20)22-14-10-8-12-19(22)4;/h7-15,20H,5-6,16-17H2,1-4H3,(H,25,29);. The Morgan fingerprint density at radius 2 is 1.77 bits per heavy atom. The molecule has 1 N–H and O–H groups in total. The van der Waals surface area contributed by atoms with Crippen LogP contribution in [-0.2, 0) is 26.1 Å². The van der Waals surface area contributed by atoms with Crippen LogP contribution in [0.4, 0.5) is 11.4 Å². The van der Waals surface area contributed by atoms with Crippen LogP contribution in [-0.4, -0.2) is 52.2 Å². The third-order valence-electron chi connectivity index (χ3n) is 6.03. The molecule has 0 aliphatic carbocycles. The Morgan fingerprint density at radius 1 is 1.13 bits per heavy atom. The van der Waals surface area contributed by atoms with Gasteiger partial charge in [0.2, 0.25) is 0 Å². The number of nitrogens with one attached hydrogen (secondary N) is 1. The molecule has 0 spiro atoms. The van der Waals surface area contributed by atoms with Gasteiger partial charge in [-0.15, -0.1) is 0 Å². The zero-order valence-corrected chi connectivity index (χ0v) is 26.1. The molecule has 2 atom stereocenters. The van der Waals surface area contributed by atoms with Gasteiger partial charge in [-0.25, -0.2) is 0 Å². The predicted octanol–water partition coefficient (Wildman–Crippen LogP) is 5.15. The predicted molar refractivity (Wildman–Crippen MR) is 136 cm³/mol. The van der Waals surface area contributed by atoms with Crippen molar-refractivity contribution in [3.8, 4) is 0 Å². The van der Waals surface area contributed by atoms with E-state index in [9.17, 15) is 0 Å². The molecule has 1 fully saturated rings. The molecule has 161 valence electrons. The fourth-order valence-corrected chi connectivity index (χ4v) is 7.45. The second kappa shape index (κ2) is 11.1. The summed E-state index contributed by atoms with van der Waals surface area (Å²) >= 11 is 12.3. The zero-order valence-electron chi connectivity index (χ0n) is 19.0. The van der Waals surface area contributed by atoms with Gasteiger partial charge in [-0.1, -0.05) is 0 Å². The molecular weight excluding hydrogens is 609 g/mol. The first-order valence-corrected chi connectivity index (χ1v) is 14.9. The van der Waals surface area contributed by atoms with Gasteiger partial charge in [0.15, 0.2) is 0 Å². The van der Waals surface area contributed by atoms with E-state index in [4.69, 9.17) is 24.4 Å². The van der Waals surface area contributed by atoms with E-state index in [2.05, 4.69) is 90.2 Å². The molecule has 0 bridgehead atoms. The molecule has 0 saturated carbocycles. The third kappa shape index (κ3) is 5.58. The van der Waals surface area contributed by atoms with E-state index in [0.717, 1.165) is 42.1 Å². The van der Waals surface area contributed by atoms with Gasteiger partial charge < -0.3 is 0 Å². The summed E-state index contributed by atoms with van der Waals surface area (Å²) in [5.74, 6) is 0. The Morgan fingerprint density at radius 3 is 2.39 bits per heavy atom. The van der Waals surface area contributed by atoms with Gasteiger partial charge in [-0.3, -0.25) is 0 Å². The maximum atomic E-state index is 5.92. The van der Waals surface area contributed by atoms with Crippen LogP contribution in [0.1, 0.15) is 25.0 Å². The van der Waals surface area contributed by atoms with Gasteiger partial charge in [0.25, 0.3) is 0 Å². The zero-order chi connectivity index (χ0) is 22.5. The van der Waals surface area contributed by atoms with Crippen LogP contribution in [0, 0.1) is 13.8 Å². The molecule has 1 aliphatic rings. The summed E-state index contributed by atoms with van der Waals surface area (Å²) in [7, 11) is 0. The number of nitrogens with zero attached hydrogens (tertiary/aromatic N) is 3. The van der Waals surface area contributed by atoms with E-state index in [0.29, 0.717) is 35.6 Å². The molecule has 1 heterocycles. The molecule has 7 heteroatoms. The summed E-state index contributed by atoms with van der Waals surface area (Å²) < 4.78 is 0.575. The molecule has 2 aromatic carbocycles. The monoisotopic (exact) mass is 641 g/mol.